The Morgan fingerprint density at radius 1 is 1.14 bits per heavy atom. The molecular formula is C14H18N2O5. The smallest absolute Gasteiger partial charge is 0.317 e. The number of nitrogens with one attached hydrogen (secondary N) is 1. The van der Waals surface area contributed by atoms with Gasteiger partial charge < -0.3 is 15.5 Å². The number of benzene rings is 1. The van der Waals surface area contributed by atoms with Crippen molar-refractivity contribution in [3.05, 3.63) is 30.3 Å². The van der Waals surface area contributed by atoms with Gasteiger partial charge in [0.15, 0.2) is 0 Å². The summed E-state index contributed by atoms with van der Waals surface area (Å²) in [6.07, 6.45) is 0. The van der Waals surface area contributed by atoms with Crippen molar-refractivity contribution >= 4 is 23.5 Å². The molecule has 7 nitrogen and oxygen atoms in total. The summed E-state index contributed by atoms with van der Waals surface area (Å²) < 4.78 is 0. The molecule has 0 spiro atoms. The Balaban J connectivity index is 2.60. The van der Waals surface area contributed by atoms with Gasteiger partial charge in [0.2, 0.25) is 5.91 Å². The number of hydrogen-bond acceptors (Lipinski definition) is 4. The van der Waals surface area contributed by atoms with Gasteiger partial charge in [-0.25, -0.2) is 0 Å². The predicted molar refractivity (Wildman–Crippen MR) is 75.9 cm³/mol. The van der Waals surface area contributed by atoms with E-state index in [0.29, 0.717) is 5.69 Å². The average Bonchev–Trinajstić information content (AvgIpc) is 2.38. The number of rotatable bonds is 8. The maximum Gasteiger partial charge on any atom is 0.317 e. The summed E-state index contributed by atoms with van der Waals surface area (Å²) in [5.41, 5.74) is 0.601. The summed E-state index contributed by atoms with van der Waals surface area (Å²) in [6.45, 7) is 0.884. The standard InChI is InChI=1S/C14H18N2O5/c1-10(14(20)21)7-16(9-13(18)19)8-12(17)15-11-5-3-2-4-6-11/h2-6,10H,7-9H2,1H3,(H,15,17)(H,18,19)(H,20,21). The molecule has 1 unspecified atom stereocenters. The highest BCUT2D eigenvalue weighted by molar-refractivity contribution is 5.92. The predicted octanol–water partition coefficient (Wildman–Crippen LogP) is 0.732. The molecule has 0 saturated carbocycles. The van der Waals surface area contributed by atoms with Crippen LogP contribution in [0.5, 0.6) is 0 Å². The average molecular weight is 294 g/mol. The molecule has 0 aliphatic heterocycles. The van der Waals surface area contributed by atoms with Gasteiger partial charge in [-0.05, 0) is 12.1 Å². The molecule has 1 amide bonds. The highest BCUT2D eigenvalue weighted by atomic mass is 16.4. The molecule has 3 N–H and O–H groups in total. The number of carboxylic acids is 2. The van der Waals surface area contributed by atoms with Crippen LogP contribution in [-0.2, 0) is 14.4 Å². The van der Waals surface area contributed by atoms with Gasteiger partial charge >= 0.3 is 11.9 Å². The fourth-order valence-corrected chi connectivity index (χ4v) is 1.77. The van der Waals surface area contributed by atoms with E-state index >= 15 is 0 Å². The molecule has 1 atom stereocenters. The van der Waals surface area contributed by atoms with Crippen LogP contribution >= 0.6 is 0 Å². The number of aliphatic carboxylic acids is 2. The molecule has 1 aromatic carbocycles. The van der Waals surface area contributed by atoms with Crippen molar-refractivity contribution in [1.82, 2.24) is 4.90 Å². The monoisotopic (exact) mass is 294 g/mol. The lowest BCUT2D eigenvalue weighted by Crippen LogP contribution is -2.40. The lowest BCUT2D eigenvalue weighted by Gasteiger charge is -2.21. The van der Waals surface area contributed by atoms with Crippen molar-refractivity contribution in [1.29, 1.82) is 0 Å². The Morgan fingerprint density at radius 3 is 2.29 bits per heavy atom. The first kappa shape index (κ1) is 16.6. The summed E-state index contributed by atoms with van der Waals surface area (Å²) in [5, 5.41) is 20.3. The largest absolute Gasteiger partial charge is 0.481 e. The number of hydrogen-bond donors (Lipinski definition) is 3. The third-order valence-electron chi connectivity index (χ3n) is 2.74. The molecule has 7 heteroatoms. The third-order valence-corrected chi connectivity index (χ3v) is 2.74. The van der Waals surface area contributed by atoms with E-state index in [2.05, 4.69) is 5.32 Å². The van der Waals surface area contributed by atoms with Gasteiger partial charge in [0.25, 0.3) is 0 Å². The molecule has 0 aliphatic carbocycles. The first-order chi connectivity index (χ1) is 9.88. The molecule has 21 heavy (non-hydrogen) atoms. The lowest BCUT2D eigenvalue weighted by molar-refractivity contribution is -0.144. The second-order valence-electron chi connectivity index (χ2n) is 4.72. The number of carbonyl (C=O) groups is 3. The summed E-state index contributed by atoms with van der Waals surface area (Å²) in [5.74, 6) is -3.29. The van der Waals surface area contributed by atoms with Gasteiger partial charge in [0.1, 0.15) is 0 Å². The van der Waals surface area contributed by atoms with E-state index in [1.54, 1.807) is 30.3 Å². The van der Waals surface area contributed by atoms with E-state index in [9.17, 15) is 14.4 Å². The Hall–Kier alpha value is -2.41. The fraction of sp³-hybridized carbons (Fsp3) is 0.357. The Kier molecular flexibility index (Phi) is 6.35. The van der Waals surface area contributed by atoms with Gasteiger partial charge in [0.05, 0.1) is 19.0 Å². The highest BCUT2D eigenvalue weighted by Gasteiger charge is 2.20. The van der Waals surface area contributed by atoms with E-state index in [-0.39, 0.29) is 25.5 Å². The van der Waals surface area contributed by atoms with E-state index in [1.165, 1.54) is 11.8 Å². The van der Waals surface area contributed by atoms with Crippen molar-refractivity contribution in [2.24, 2.45) is 5.92 Å². The summed E-state index contributed by atoms with van der Waals surface area (Å²) in [6, 6.07) is 8.74. The molecular weight excluding hydrogens is 276 g/mol. The molecule has 0 bridgehead atoms. The maximum atomic E-state index is 11.9. The zero-order valence-corrected chi connectivity index (χ0v) is 11.7. The highest BCUT2D eigenvalue weighted by Crippen LogP contribution is 2.06. The minimum atomic E-state index is -1.11. The molecule has 0 fully saturated rings. The molecule has 114 valence electrons. The van der Waals surface area contributed by atoms with Gasteiger partial charge in [-0.2, -0.15) is 0 Å². The molecule has 1 aromatic rings. The van der Waals surface area contributed by atoms with Crippen LogP contribution in [0.25, 0.3) is 0 Å². The van der Waals surface area contributed by atoms with Gasteiger partial charge in [-0.3, -0.25) is 19.3 Å². The normalized spacial score (nSPS) is 11.9. The third kappa shape index (κ3) is 6.53. The molecule has 0 aliphatic rings. The van der Waals surface area contributed by atoms with E-state index in [4.69, 9.17) is 10.2 Å². The summed E-state index contributed by atoms with van der Waals surface area (Å²) in [4.78, 5) is 34.8. The van der Waals surface area contributed by atoms with Crippen LogP contribution in [0, 0.1) is 5.92 Å². The number of anilines is 1. The zero-order chi connectivity index (χ0) is 15.8. The second-order valence-corrected chi connectivity index (χ2v) is 4.72. The fourth-order valence-electron chi connectivity index (χ4n) is 1.77. The summed E-state index contributed by atoms with van der Waals surface area (Å²) in [7, 11) is 0. The first-order valence-electron chi connectivity index (χ1n) is 6.40. The van der Waals surface area contributed by atoms with Crippen LogP contribution in [0.2, 0.25) is 0 Å². The van der Waals surface area contributed by atoms with Crippen molar-refractivity contribution in [3.8, 4) is 0 Å². The van der Waals surface area contributed by atoms with Crippen molar-refractivity contribution in [2.75, 3.05) is 25.0 Å². The summed E-state index contributed by atoms with van der Waals surface area (Å²) >= 11 is 0. The Bertz CT molecular complexity index is 503. The van der Waals surface area contributed by atoms with Crippen molar-refractivity contribution < 1.29 is 24.6 Å². The number of amides is 1. The first-order valence-corrected chi connectivity index (χ1v) is 6.40. The van der Waals surface area contributed by atoms with Crippen LogP contribution in [0.1, 0.15) is 6.92 Å². The van der Waals surface area contributed by atoms with Crippen LogP contribution in [0.15, 0.2) is 30.3 Å². The minimum absolute atomic E-state index is 0.0101. The van der Waals surface area contributed by atoms with Gasteiger partial charge in [0, 0.05) is 12.2 Å². The van der Waals surface area contributed by atoms with Gasteiger partial charge in [-0.1, -0.05) is 25.1 Å². The van der Waals surface area contributed by atoms with E-state index in [0.717, 1.165) is 0 Å². The Morgan fingerprint density at radius 2 is 1.76 bits per heavy atom. The number of carbonyl (C=O) groups excluding carboxylic acids is 1. The SMILES string of the molecule is CC(CN(CC(=O)O)CC(=O)Nc1ccccc1)C(=O)O. The lowest BCUT2D eigenvalue weighted by atomic mass is 10.1. The quantitative estimate of drug-likeness (QED) is 0.652. The van der Waals surface area contributed by atoms with E-state index in [1.807, 2.05) is 0 Å². The molecule has 0 heterocycles. The second kappa shape index (κ2) is 8.01. The number of para-hydroxylation sites is 1. The number of carboxylic acid groups (broad SMARTS) is 2. The minimum Gasteiger partial charge on any atom is -0.481 e. The topological polar surface area (TPSA) is 107 Å². The Labute approximate surface area is 122 Å². The van der Waals surface area contributed by atoms with Crippen LogP contribution in [0.3, 0.4) is 0 Å². The molecule has 0 saturated heterocycles. The van der Waals surface area contributed by atoms with Crippen molar-refractivity contribution in [3.63, 3.8) is 0 Å². The van der Waals surface area contributed by atoms with Crippen LogP contribution in [-0.4, -0.2) is 52.6 Å². The zero-order valence-electron chi connectivity index (χ0n) is 11.7. The molecule has 0 radical (unpaired) electrons. The van der Waals surface area contributed by atoms with Crippen LogP contribution in [0.4, 0.5) is 5.69 Å². The van der Waals surface area contributed by atoms with Crippen LogP contribution < -0.4 is 5.32 Å². The maximum absolute atomic E-state index is 11.9. The van der Waals surface area contributed by atoms with Gasteiger partial charge in [-0.15, -0.1) is 0 Å². The number of nitrogens with zero attached hydrogens (tertiary/aromatic N) is 1. The van der Waals surface area contributed by atoms with E-state index < -0.39 is 17.9 Å². The molecule has 0 aromatic heterocycles. The van der Waals surface area contributed by atoms with Crippen molar-refractivity contribution in [2.45, 2.75) is 6.92 Å². The molecule has 1 rings (SSSR count).